The highest BCUT2D eigenvalue weighted by molar-refractivity contribution is 7.15. The molecule has 1 N–H and O–H groups in total. The van der Waals surface area contributed by atoms with Crippen molar-refractivity contribution in [3.8, 4) is 0 Å². The number of nitrogens with zero attached hydrogens (tertiary/aromatic N) is 3. The van der Waals surface area contributed by atoms with Gasteiger partial charge in [-0.2, -0.15) is 0 Å². The molecule has 0 bridgehead atoms. The van der Waals surface area contributed by atoms with Crippen LogP contribution in [0.2, 0.25) is 5.02 Å². The molecule has 1 atom stereocenters. The van der Waals surface area contributed by atoms with E-state index in [0.717, 1.165) is 61.8 Å². The quantitative estimate of drug-likeness (QED) is 0.765. The molecule has 1 aliphatic carbocycles. The molecule has 1 aromatic heterocycles. The number of hydrogen-bond acceptors (Lipinski definition) is 5. The fourth-order valence-electron chi connectivity index (χ4n) is 4.03. The lowest BCUT2D eigenvalue weighted by Gasteiger charge is -2.34. The van der Waals surface area contributed by atoms with Gasteiger partial charge >= 0.3 is 0 Å². The fourth-order valence-corrected chi connectivity index (χ4v) is 5.39. The van der Waals surface area contributed by atoms with Gasteiger partial charge in [-0.05, 0) is 37.0 Å². The largest absolute Gasteiger partial charge is 0.352 e. The minimum absolute atomic E-state index is 0.00266. The second-order valence-corrected chi connectivity index (χ2v) is 9.37. The summed E-state index contributed by atoms with van der Waals surface area (Å²) >= 11 is 7.63. The maximum absolute atomic E-state index is 12.7. The number of piperazine rings is 1. The molecule has 2 heterocycles. The predicted octanol–water partition coefficient (Wildman–Crippen LogP) is 3.28. The highest BCUT2D eigenvalue weighted by Gasteiger charge is 2.29. The van der Waals surface area contributed by atoms with E-state index in [1.54, 1.807) is 11.3 Å². The molecular weight excluding hydrogens is 420 g/mol. The number of aromatic nitrogens is 1. The topological polar surface area (TPSA) is 65.5 Å². The summed E-state index contributed by atoms with van der Waals surface area (Å²) in [5.41, 5.74) is 2.19. The normalized spacial score (nSPS) is 18.8. The van der Waals surface area contributed by atoms with Crippen LogP contribution in [-0.2, 0) is 29.0 Å². The summed E-state index contributed by atoms with van der Waals surface area (Å²) in [6.07, 6.45) is 3.00. The molecule has 8 heteroatoms. The molecule has 1 aromatic carbocycles. The SMILES string of the molecule is CCC(=O)N1CCN(c2nc3c(s2)C[C@H](C(=O)NCc2ccc(Cl)cc2)CC3)CC1. The number of benzene rings is 1. The summed E-state index contributed by atoms with van der Waals surface area (Å²) in [4.78, 5) is 34.9. The van der Waals surface area contributed by atoms with Crippen molar-refractivity contribution in [2.24, 2.45) is 5.92 Å². The van der Waals surface area contributed by atoms with Crippen molar-refractivity contribution < 1.29 is 9.59 Å². The lowest BCUT2D eigenvalue weighted by molar-refractivity contribution is -0.131. The Morgan fingerprint density at radius 1 is 1.20 bits per heavy atom. The number of aryl methyl sites for hydroxylation is 1. The monoisotopic (exact) mass is 446 g/mol. The molecule has 0 spiro atoms. The number of hydrogen-bond donors (Lipinski definition) is 1. The molecule has 2 amide bonds. The molecule has 0 unspecified atom stereocenters. The summed E-state index contributed by atoms with van der Waals surface area (Å²) in [6, 6.07) is 7.55. The number of carbonyl (C=O) groups excluding carboxylic acids is 2. The van der Waals surface area contributed by atoms with Crippen LogP contribution in [0.15, 0.2) is 24.3 Å². The zero-order valence-corrected chi connectivity index (χ0v) is 18.8. The lowest BCUT2D eigenvalue weighted by Crippen LogP contribution is -2.48. The number of halogens is 1. The highest BCUT2D eigenvalue weighted by atomic mass is 35.5. The minimum atomic E-state index is -0.00266. The molecule has 2 aromatic rings. The molecule has 2 aliphatic rings. The van der Waals surface area contributed by atoms with Gasteiger partial charge in [0.2, 0.25) is 11.8 Å². The Balaban J connectivity index is 1.32. The average Bonchev–Trinajstić information content (AvgIpc) is 3.21. The van der Waals surface area contributed by atoms with Crippen molar-refractivity contribution in [3.05, 3.63) is 45.4 Å². The standard InChI is InChI=1S/C22H27ClN4O2S/c1-2-20(28)26-9-11-27(12-10-26)22-25-18-8-5-16(13-19(18)30-22)21(29)24-14-15-3-6-17(23)7-4-15/h3-4,6-7,16H,2,5,8-14H2,1H3,(H,24,29)/t16-/m1/s1. The van der Waals surface area contributed by atoms with Crippen LogP contribution in [-0.4, -0.2) is 47.9 Å². The second-order valence-electron chi connectivity index (χ2n) is 7.87. The van der Waals surface area contributed by atoms with Crippen LogP contribution in [0.25, 0.3) is 0 Å². The molecule has 0 saturated carbocycles. The number of rotatable bonds is 5. The second kappa shape index (κ2) is 9.35. The Bertz CT molecular complexity index is 906. The van der Waals surface area contributed by atoms with E-state index in [2.05, 4.69) is 10.2 Å². The van der Waals surface area contributed by atoms with E-state index in [-0.39, 0.29) is 17.7 Å². The maximum Gasteiger partial charge on any atom is 0.223 e. The zero-order valence-electron chi connectivity index (χ0n) is 17.2. The number of thiazole rings is 1. The van der Waals surface area contributed by atoms with E-state index in [1.165, 1.54) is 4.88 Å². The maximum atomic E-state index is 12.7. The van der Waals surface area contributed by atoms with Gasteiger partial charge in [0.25, 0.3) is 0 Å². The van der Waals surface area contributed by atoms with Crippen LogP contribution >= 0.6 is 22.9 Å². The number of fused-ring (bicyclic) bond motifs is 1. The Kier molecular flexibility index (Phi) is 6.58. The van der Waals surface area contributed by atoms with Gasteiger partial charge in [0.1, 0.15) is 0 Å². The van der Waals surface area contributed by atoms with Crippen LogP contribution in [0.4, 0.5) is 5.13 Å². The summed E-state index contributed by atoms with van der Waals surface area (Å²) in [5, 5.41) is 4.80. The molecule has 4 rings (SSSR count). The summed E-state index contributed by atoms with van der Waals surface area (Å²) in [5.74, 6) is 0.329. The molecular formula is C22H27ClN4O2S. The van der Waals surface area contributed by atoms with Crippen LogP contribution in [0.3, 0.4) is 0 Å². The van der Waals surface area contributed by atoms with Gasteiger partial charge in [-0.25, -0.2) is 4.98 Å². The third kappa shape index (κ3) is 4.78. The smallest absolute Gasteiger partial charge is 0.223 e. The highest BCUT2D eigenvalue weighted by Crippen LogP contribution is 2.34. The molecule has 6 nitrogen and oxygen atoms in total. The van der Waals surface area contributed by atoms with E-state index >= 15 is 0 Å². The first-order valence-corrected chi connectivity index (χ1v) is 11.8. The Morgan fingerprint density at radius 2 is 1.93 bits per heavy atom. The third-order valence-corrected chi connectivity index (χ3v) is 7.32. The Labute approximate surface area is 186 Å². The van der Waals surface area contributed by atoms with Crippen molar-refractivity contribution in [2.75, 3.05) is 31.1 Å². The van der Waals surface area contributed by atoms with Crippen LogP contribution in [0.1, 0.15) is 35.9 Å². The molecule has 1 aliphatic heterocycles. The van der Waals surface area contributed by atoms with Crippen molar-refractivity contribution in [1.82, 2.24) is 15.2 Å². The Morgan fingerprint density at radius 3 is 2.63 bits per heavy atom. The van der Waals surface area contributed by atoms with E-state index in [0.29, 0.717) is 18.0 Å². The van der Waals surface area contributed by atoms with E-state index in [9.17, 15) is 9.59 Å². The summed E-state index contributed by atoms with van der Waals surface area (Å²) in [7, 11) is 0. The van der Waals surface area contributed by atoms with Gasteiger partial charge in [-0.3, -0.25) is 9.59 Å². The van der Waals surface area contributed by atoms with Crippen LogP contribution < -0.4 is 10.2 Å². The summed E-state index contributed by atoms with van der Waals surface area (Å²) in [6.45, 7) is 5.59. The Hall–Kier alpha value is -2.12. The van der Waals surface area contributed by atoms with Gasteiger partial charge in [0.05, 0.1) is 5.69 Å². The first-order valence-electron chi connectivity index (χ1n) is 10.6. The fraction of sp³-hybridized carbons (Fsp3) is 0.500. The van der Waals surface area contributed by atoms with Crippen molar-refractivity contribution >= 4 is 39.9 Å². The van der Waals surface area contributed by atoms with Gasteiger partial charge in [0.15, 0.2) is 5.13 Å². The molecule has 1 fully saturated rings. The van der Waals surface area contributed by atoms with E-state index in [4.69, 9.17) is 16.6 Å². The van der Waals surface area contributed by atoms with Crippen molar-refractivity contribution in [2.45, 2.75) is 39.2 Å². The van der Waals surface area contributed by atoms with Crippen LogP contribution in [0, 0.1) is 5.92 Å². The van der Waals surface area contributed by atoms with Crippen molar-refractivity contribution in [1.29, 1.82) is 0 Å². The van der Waals surface area contributed by atoms with Gasteiger partial charge in [0, 0.05) is 55.0 Å². The molecule has 0 radical (unpaired) electrons. The van der Waals surface area contributed by atoms with Gasteiger partial charge in [-0.15, -0.1) is 11.3 Å². The molecule has 160 valence electrons. The summed E-state index contributed by atoms with van der Waals surface area (Å²) < 4.78 is 0. The third-order valence-electron chi connectivity index (χ3n) is 5.88. The van der Waals surface area contributed by atoms with E-state index in [1.807, 2.05) is 36.1 Å². The minimum Gasteiger partial charge on any atom is -0.352 e. The average molecular weight is 447 g/mol. The van der Waals surface area contributed by atoms with Gasteiger partial charge in [-0.1, -0.05) is 30.7 Å². The van der Waals surface area contributed by atoms with Gasteiger partial charge < -0.3 is 15.1 Å². The molecule has 30 heavy (non-hydrogen) atoms. The van der Waals surface area contributed by atoms with Crippen LogP contribution in [0.5, 0.6) is 0 Å². The number of nitrogens with one attached hydrogen (secondary N) is 1. The number of carbonyl (C=O) groups is 2. The number of anilines is 1. The van der Waals surface area contributed by atoms with Crippen molar-refractivity contribution in [3.63, 3.8) is 0 Å². The molecule has 1 saturated heterocycles. The number of amides is 2. The van der Waals surface area contributed by atoms with E-state index < -0.39 is 0 Å². The lowest BCUT2D eigenvalue weighted by atomic mass is 9.90. The predicted molar refractivity (Wildman–Crippen MR) is 120 cm³/mol. The zero-order chi connectivity index (χ0) is 21.1. The first kappa shape index (κ1) is 21.1. The first-order chi connectivity index (χ1) is 14.5.